The van der Waals surface area contributed by atoms with Crippen LogP contribution in [0.4, 0.5) is 0 Å². The highest BCUT2D eigenvalue weighted by Crippen LogP contribution is 2.68. The Hall–Kier alpha value is -2.95. The summed E-state index contributed by atoms with van der Waals surface area (Å²) in [5, 5.41) is 43.9. The van der Waals surface area contributed by atoms with E-state index in [9.17, 15) is 34.8 Å². The monoisotopic (exact) mass is 884 g/mol. The van der Waals surface area contributed by atoms with Gasteiger partial charge in [-0.3, -0.25) is 9.59 Å². The summed E-state index contributed by atoms with van der Waals surface area (Å²) in [5.41, 5.74) is 1.27. The van der Waals surface area contributed by atoms with Crippen molar-refractivity contribution in [2.45, 2.75) is 168 Å². The van der Waals surface area contributed by atoms with E-state index in [1.165, 1.54) is 24.8 Å². The highest BCUT2D eigenvalue weighted by molar-refractivity contribution is 5.89. The van der Waals surface area contributed by atoms with Crippen molar-refractivity contribution in [2.24, 2.45) is 52.3 Å². The van der Waals surface area contributed by atoms with Gasteiger partial charge in [0.1, 0.15) is 35.9 Å². The lowest BCUT2D eigenvalue weighted by atomic mass is 9.47. The molecule has 2 saturated heterocycles. The fourth-order valence-electron chi connectivity index (χ4n) is 12.3. The van der Waals surface area contributed by atoms with E-state index in [1.807, 2.05) is 6.92 Å². The summed E-state index contributed by atoms with van der Waals surface area (Å²) in [6, 6.07) is 6.14. The van der Waals surface area contributed by atoms with Crippen LogP contribution in [0.2, 0.25) is 0 Å². The molecule has 4 N–H and O–H groups in total. The Morgan fingerprint density at radius 1 is 0.825 bits per heavy atom. The maximum absolute atomic E-state index is 14.2. The van der Waals surface area contributed by atoms with Gasteiger partial charge in [0.15, 0.2) is 24.8 Å². The summed E-state index contributed by atoms with van der Waals surface area (Å²) < 4.78 is 42.6. The van der Waals surface area contributed by atoms with Crippen LogP contribution in [0, 0.1) is 52.3 Å². The van der Waals surface area contributed by atoms with Gasteiger partial charge < -0.3 is 53.6 Å². The molecule has 63 heavy (non-hydrogen) atoms. The SMILES string of the molecule is COc1ccc(C(=O)OC2C(OC3C(O)COC(O[C@H]4C[C@H]5[C@@H]6CC=C7C[C@@H](O)CC[C@]7(C)[C@H]6CC[C@]5(C)[C@H]4[C@H](C)C(=O)CCC(C)C)C3OC(=O)C(C)C)OCC(O)C2O)cc1. The number of esters is 2. The van der Waals surface area contributed by atoms with E-state index in [0.29, 0.717) is 36.3 Å². The quantitative estimate of drug-likeness (QED) is 0.134. The molecule has 8 unspecified atom stereocenters. The van der Waals surface area contributed by atoms with E-state index in [0.717, 1.165) is 44.9 Å². The van der Waals surface area contributed by atoms with Crippen LogP contribution in [0.1, 0.15) is 117 Å². The number of aliphatic hydroxyl groups excluding tert-OH is 4. The number of hydrogen-bond donors (Lipinski definition) is 4. The predicted molar refractivity (Wildman–Crippen MR) is 229 cm³/mol. The van der Waals surface area contributed by atoms with Gasteiger partial charge in [-0.05, 0) is 110 Å². The Balaban J connectivity index is 1.18. The minimum atomic E-state index is -1.62. The molecule has 352 valence electrons. The van der Waals surface area contributed by atoms with Crippen LogP contribution in [0.15, 0.2) is 35.9 Å². The number of benzene rings is 1. The molecular weight excluding hydrogens is 813 g/mol. The van der Waals surface area contributed by atoms with Crippen molar-refractivity contribution in [1.82, 2.24) is 0 Å². The number of allylic oxidation sites excluding steroid dienone is 1. The lowest BCUT2D eigenvalue weighted by Crippen LogP contribution is -2.62. The Kier molecular flexibility index (Phi) is 14.8. The predicted octanol–water partition coefficient (Wildman–Crippen LogP) is 5.55. The molecule has 14 heteroatoms. The average molecular weight is 885 g/mol. The van der Waals surface area contributed by atoms with Gasteiger partial charge in [-0.15, -0.1) is 0 Å². The number of carbonyl (C=O) groups excluding carboxylic acids is 3. The zero-order valence-electron chi connectivity index (χ0n) is 38.4. The number of carbonyl (C=O) groups is 3. The van der Waals surface area contributed by atoms with E-state index in [1.54, 1.807) is 26.0 Å². The molecule has 1 aromatic rings. The molecule has 0 radical (unpaired) electrons. The molecule has 7 rings (SSSR count). The second-order valence-corrected chi connectivity index (χ2v) is 20.6. The van der Waals surface area contributed by atoms with E-state index in [-0.39, 0.29) is 59.2 Å². The van der Waals surface area contributed by atoms with Crippen molar-refractivity contribution in [3.05, 3.63) is 41.5 Å². The fourth-order valence-corrected chi connectivity index (χ4v) is 12.3. The number of methoxy groups -OCH3 is 1. The molecule has 2 aliphatic heterocycles. The van der Waals surface area contributed by atoms with E-state index in [2.05, 4.69) is 33.8 Å². The lowest BCUT2D eigenvalue weighted by molar-refractivity contribution is -0.340. The van der Waals surface area contributed by atoms with Crippen LogP contribution in [0.5, 0.6) is 5.75 Å². The molecule has 2 heterocycles. The highest BCUT2D eigenvalue weighted by Gasteiger charge is 2.64. The van der Waals surface area contributed by atoms with Gasteiger partial charge in [0.25, 0.3) is 0 Å². The van der Waals surface area contributed by atoms with Gasteiger partial charge in [0, 0.05) is 18.3 Å². The molecule has 6 aliphatic rings. The van der Waals surface area contributed by atoms with Gasteiger partial charge in [-0.2, -0.15) is 0 Å². The molecule has 0 amide bonds. The van der Waals surface area contributed by atoms with Gasteiger partial charge in [-0.1, -0.05) is 60.1 Å². The summed E-state index contributed by atoms with van der Waals surface area (Å²) in [6.45, 7) is 13.7. The number of aliphatic hydroxyl groups is 4. The third-order valence-electron chi connectivity index (χ3n) is 15.9. The van der Waals surface area contributed by atoms with Gasteiger partial charge >= 0.3 is 11.9 Å². The summed E-state index contributed by atoms with van der Waals surface area (Å²) >= 11 is 0. The minimum Gasteiger partial charge on any atom is -0.497 e. The largest absolute Gasteiger partial charge is 0.497 e. The van der Waals surface area contributed by atoms with Gasteiger partial charge in [0.2, 0.25) is 0 Å². The van der Waals surface area contributed by atoms with Crippen molar-refractivity contribution in [3.63, 3.8) is 0 Å². The zero-order valence-corrected chi connectivity index (χ0v) is 38.4. The van der Waals surface area contributed by atoms with Crippen LogP contribution in [-0.2, 0) is 38.0 Å². The van der Waals surface area contributed by atoms with Crippen molar-refractivity contribution in [3.8, 4) is 5.75 Å². The lowest BCUT2D eigenvalue weighted by Gasteiger charge is -2.58. The Morgan fingerprint density at radius 2 is 1.51 bits per heavy atom. The smallest absolute Gasteiger partial charge is 0.338 e. The number of ether oxygens (including phenoxy) is 7. The van der Waals surface area contributed by atoms with Crippen LogP contribution in [-0.4, -0.2) is 120 Å². The maximum Gasteiger partial charge on any atom is 0.338 e. The van der Waals surface area contributed by atoms with Crippen LogP contribution in [0.3, 0.4) is 0 Å². The molecule has 0 bridgehead atoms. The van der Waals surface area contributed by atoms with Crippen molar-refractivity contribution in [2.75, 3.05) is 20.3 Å². The third-order valence-corrected chi connectivity index (χ3v) is 15.9. The van der Waals surface area contributed by atoms with Crippen molar-refractivity contribution >= 4 is 17.7 Å². The standard InChI is InChI=1S/C49H72O14/c1-25(2)9-16-35(51)27(5)39-38(22-34-32-15-12-29-21-30(50)17-19-48(29,6)33(32)18-20-49(34,39)7)60-47-43(62-44(55)26(3)4)41(37(53)24-59-47)63-46-42(40(54)36(52)23-58-46)61-45(56)28-10-13-31(57-8)14-11-28/h10-14,25-27,30,32-34,36-43,46-47,50,52-54H,9,15-24H2,1-8H3/t27-,30+,32-,33+,34+,36?,37?,38+,39+,40?,41?,42?,43?,46?,47?,48+,49+/m1/s1. The first kappa shape index (κ1) is 48.0. The zero-order chi connectivity index (χ0) is 45.5. The third kappa shape index (κ3) is 9.66. The first-order valence-corrected chi connectivity index (χ1v) is 23.4. The maximum atomic E-state index is 14.2. The fraction of sp³-hybridized carbons (Fsp3) is 0.776. The Bertz CT molecular complexity index is 1800. The molecule has 14 nitrogen and oxygen atoms in total. The van der Waals surface area contributed by atoms with Crippen molar-refractivity contribution in [1.29, 1.82) is 0 Å². The average Bonchev–Trinajstić information content (AvgIpc) is 3.55. The van der Waals surface area contributed by atoms with Crippen LogP contribution >= 0.6 is 0 Å². The second kappa shape index (κ2) is 19.5. The summed E-state index contributed by atoms with van der Waals surface area (Å²) in [5.74, 6) is -0.438. The number of ketones is 1. The summed E-state index contributed by atoms with van der Waals surface area (Å²) in [6.07, 6.45) is -2.62. The van der Waals surface area contributed by atoms with Crippen LogP contribution in [0.25, 0.3) is 0 Å². The van der Waals surface area contributed by atoms with Gasteiger partial charge in [-0.25, -0.2) is 4.79 Å². The summed E-state index contributed by atoms with van der Waals surface area (Å²) in [7, 11) is 1.50. The van der Waals surface area contributed by atoms with E-state index >= 15 is 0 Å². The number of Topliss-reactive ketones (excluding diaryl/α,β-unsaturated/α-hetero) is 1. The van der Waals surface area contributed by atoms with Crippen molar-refractivity contribution < 1.29 is 68.0 Å². The molecule has 1 aromatic carbocycles. The van der Waals surface area contributed by atoms with E-state index < -0.39 is 73.2 Å². The molecular formula is C49H72O14. The number of hydrogen-bond acceptors (Lipinski definition) is 14. The first-order valence-electron chi connectivity index (χ1n) is 23.4. The molecule has 17 atom stereocenters. The minimum absolute atomic E-state index is 0.00553. The first-order chi connectivity index (χ1) is 29.9. The molecule has 5 fully saturated rings. The van der Waals surface area contributed by atoms with Gasteiger partial charge in [0.05, 0.1) is 44.0 Å². The Labute approximate surface area is 372 Å². The van der Waals surface area contributed by atoms with Crippen LogP contribution < -0.4 is 4.74 Å². The number of rotatable bonds is 14. The second-order valence-electron chi connectivity index (χ2n) is 20.6. The Morgan fingerprint density at radius 3 is 2.17 bits per heavy atom. The number of fused-ring (bicyclic) bond motifs is 5. The molecule has 4 aliphatic carbocycles. The normalized spacial score (nSPS) is 40.6. The molecule has 0 aromatic heterocycles. The molecule has 0 spiro atoms. The highest BCUT2D eigenvalue weighted by atomic mass is 16.7. The van der Waals surface area contributed by atoms with E-state index in [4.69, 9.17) is 33.2 Å². The molecule has 3 saturated carbocycles. The topological polar surface area (TPSA) is 197 Å². The summed E-state index contributed by atoms with van der Waals surface area (Å²) in [4.78, 5) is 41.0.